The number of allylic oxidation sites excluding steroid dienone is 2. The Kier molecular flexibility index (Phi) is 2.21. The van der Waals surface area contributed by atoms with Crippen molar-refractivity contribution in [1.82, 2.24) is 0 Å². The largest absolute Gasteiger partial charge is 0.392 e. The number of aliphatic hydroxyl groups is 3. The molecule has 0 aliphatic heterocycles. The van der Waals surface area contributed by atoms with E-state index in [2.05, 4.69) is 0 Å². The molecule has 0 aromatic carbocycles. The molecule has 0 spiro atoms. The van der Waals surface area contributed by atoms with Gasteiger partial charge in [-0.25, -0.2) is 0 Å². The van der Waals surface area contributed by atoms with E-state index in [1.54, 1.807) is 12.2 Å². The van der Waals surface area contributed by atoms with E-state index in [1.165, 1.54) is 6.08 Å². The van der Waals surface area contributed by atoms with Crippen LogP contribution in [0.2, 0.25) is 0 Å². The first-order chi connectivity index (χ1) is 4.75. The highest BCUT2D eigenvalue weighted by Gasteiger charge is 2.19. The Hall–Kier alpha value is -0.640. The molecule has 0 aromatic rings. The van der Waals surface area contributed by atoms with Crippen LogP contribution in [0.3, 0.4) is 0 Å². The van der Waals surface area contributed by atoms with E-state index in [1.807, 2.05) is 0 Å². The lowest BCUT2D eigenvalue weighted by Crippen LogP contribution is -2.29. The molecule has 3 heteroatoms. The minimum Gasteiger partial charge on any atom is -0.392 e. The molecule has 0 bridgehead atoms. The first-order valence-electron chi connectivity index (χ1n) is 3.10. The normalized spacial score (nSPS) is 32.1. The zero-order chi connectivity index (χ0) is 7.56. The Morgan fingerprint density at radius 2 is 2.10 bits per heavy atom. The molecule has 0 fully saturated rings. The molecule has 3 nitrogen and oxygen atoms in total. The molecule has 1 rings (SSSR count). The van der Waals surface area contributed by atoms with E-state index in [4.69, 9.17) is 15.3 Å². The third-order valence-electron chi connectivity index (χ3n) is 1.50. The highest BCUT2D eigenvalue weighted by molar-refractivity contribution is 5.25. The van der Waals surface area contributed by atoms with Gasteiger partial charge in [-0.15, -0.1) is 0 Å². The Morgan fingerprint density at radius 3 is 2.60 bits per heavy atom. The van der Waals surface area contributed by atoms with Gasteiger partial charge in [0.15, 0.2) is 0 Å². The zero-order valence-electron chi connectivity index (χ0n) is 5.44. The van der Waals surface area contributed by atoms with Crippen molar-refractivity contribution in [2.24, 2.45) is 0 Å². The molecule has 10 heavy (non-hydrogen) atoms. The first kappa shape index (κ1) is 7.47. The molecule has 1 aliphatic carbocycles. The van der Waals surface area contributed by atoms with Gasteiger partial charge in [0.05, 0.1) is 6.61 Å². The van der Waals surface area contributed by atoms with Gasteiger partial charge in [0.1, 0.15) is 12.2 Å². The fourth-order valence-corrected chi connectivity index (χ4v) is 0.862. The Balaban J connectivity index is 2.71. The molecule has 0 radical (unpaired) electrons. The summed E-state index contributed by atoms with van der Waals surface area (Å²) in [7, 11) is 0. The van der Waals surface area contributed by atoms with E-state index in [0.29, 0.717) is 5.57 Å². The quantitative estimate of drug-likeness (QED) is 0.449. The standard InChI is InChI=1S/C7H10O3/c8-4-5-2-1-3-6(9)7(5)10/h1-3,6-10H,4H2. The maximum absolute atomic E-state index is 9.11. The maximum Gasteiger partial charge on any atom is 0.107 e. The van der Waals surface area contributed by atoms with Crippen molar-refractivity contribution in [3.63, 3.8) is 0 Å². The topological polar surface area (TPSA) is 60.7 Å². The second-order valence-corrected chi connectivity index (χ2v) is 2.22. The minimum atomic E-state index is -0.935. The molecule has 1 aliphatic rings. The number of aliphatic hydroxyl groups excluding tert-OH is 3. The Morgan fingerprint density at radius 1 is 1.40 bits per heavy atom. The lowest BCUT2D eigenvalue weighted by molar-refractivity contribution is 0.0637. The molecule has 2 unspecified atom stereocenters. The summed E-state index contributed by atoms with van der Waals surface area (Å²) in [6.45, 7) is -0.206. The number of rotatable bonds is 1. The lowest BCUT2D eigenvalue weighted by atomic mass is 10.0. The van der Waals surface area contributed by atoms with Gasteiger partial charge >= 0.3 is 0 Å². The molecule has 0 heterocycles. The van der Waals surface area contributed by atoms with Crippen LogP contribution in [0.25, 0.3) is 0 Å². The van der Waals surface area contributed by atoms with Crippen molar-refractivity contribution >= 4 is 0 Å². The highest BCUT2D eigenvalue weighted by atomic mass is 16.3. The average molecular weight is 142 g/mol. The summed E-state index contributed by atoms with van der Waals surface area (Å²) in [5, 5.41) is 26.7. The predicted molar refractivity (Wildman–Crippen MR) is 36.3 cm³/mol. The predicted octanol–water partition coefficient (Wildman–Crippen LogP) is -0.803. The van der Waals surface area contributed by atoms with Crippen LogP contribution in [0.1, 0.15) is 0 Å². The summed E-state index contributed by atoms with van der Waals surface area (Å²) in [6.07, 6.45) is 2.88. The maximum atomic E-state index is 9.11. The summed E-state index contributed by atoms with van der Waals surface area (Å²) in [4.78, 5) is 0. The van der Waals surface area contributed by atoms with Gasteiger partial charge in [0.25, 0.3) is 0 Å². The first-order valence-corrected chi connectivity index (χ1v) is 3.10. The van der Waals surface area contributed by atoms with Gasteiger partial charge in [0.2, 0.25) is 0 Å². The number of hydrogen-bond acceptors (Lipinski definition) is 3. The third-order valence-corrected chi connectivity index (χ3v) is 1.50. The van der Waals surface area contributed by atoms with E-state index >= 15 is 0 Å². The monoisotopic (exact) mass is 142 g/mol. The fraction of sp³-hybridized carbons (Fsp3) is 0.429. The van der Waals surface area contributed by atoms with Crippen LogP contribution >= 0.6 is 0 Å². The molecule has 56 valence electrons. The summed E-state index contributed by atoms with van der Waals surface area (Å²) >= 11 is 0. The van der Waals surface area contributed by atoms with Crippen molar-refractivity contribution in [2.75, 3.05) is 6.61 Å². The molecular formula is C7H10O3. The van der Waals surface area contributed by atoms with Gasteiger partial charge in [-0.2, -0.15) is 0 Å². The van der Waals surface area contributed by atoms with Crippen LogP contribution in [0.15, 0.2) is 23.8 Å². The Bertz CT molecular complexity index is 172. The van der Waals surface area contributed by atoms with E-state index in [0.717, 1.165) is 0 Å². The summed E-state index contributed by atoms with van der Waals surface area (Å²) < 4.78 is 0. The minimum absolute atomic E-state index is 0.206. The number of hydrogen-bond donors (Lipinski definition) is 3. The molecule has 0 aromatic heterocycles. The molecule has 0 saturated heterocycles. The second-order valence-electron chi connectivity index (χ2n) is 2.22. The molecule has 2 atom stereocenters. The van der Waals surface area contributed by atoms with Gasteiger partial charge in [-0.1, -0.05) is 18.2 Å². The third kappa shape index (κ3) is 1.26. The van der Waals surface area contributed by atoms with E-state index in [9.17, 15) is 0 Å². The van der Waals surface area contributed by atoms with Crippen LogP contribution < -0.4 is 0 Å². The van der Waals surface area contributed by atoms with Gasteiger partial charge in [0, 0.05) is 0 Å². The Labute approximate surface area is 58.9 Å². The SMILES string of the molecule is OCC1=CC=CC(O)C1O. The van der Waals surface area contributed by atoms with Crippen LogP contribution in [-0.2, 0) is 0 Å². The van der Waals surface area contributed by atoms with Gasteiger partial charge in [-0.05, 0) is 5.57 Å². The summed E-state index contributed by atoms with van der Waals surface area (Å²) in [5.41, 5.74) is 0.454. The highest BCUT2D eigenvalue weighted by Crippen LogP contribution is 2.12. The van der Waals surface area contributed by atoms with Crippen molar-refractivity contribution in [2.45, 2.75) is 12.2 Å². The van der Waals surface area contributed by atoms with Gasteiger partial charge in [-0.3, -0.25) is 0 Å². The molecule has 0 saturated carbocycles. The van der Waals surface area contributed by atoms with Crippen LogP contribution in [0.4, 0.5) is 0 Å². The molecular weight excluding hydrogens is 132 g/mol. The van der Waals surface area contributed by atoms with Crippen LogP contribution in [0, 0.1) is 0 Å². The fourth-order valence-electron chi connectivity index (χ4n) is 0.862. The summed E-state index contributed by atoms with van der Waals surface area (Å²) in [6, 6.07) is 0. The molecule has 0 amide bonds. The van der Waals surface area contributed by atoms with Crippen molar-refractivity contribution in [1.29, 1.82) is 0 Å². The van der Waals surface area contributed by atoms with Crippen LogP contribution in [-0.4, -0.2) is 34.1 Å². The lowest BCUT2D eigenvalue weighted by Gasteiger charge is -2.19. The second kappa shape index (κ2) is 2.96. The van der Waals surface area contributed by atoms with E-state index < -0.39 is 12.2 Å². The average Bonchev–Trinajstić information content (AvgIpc) is 1.95. The zero-order valence-corrected chi connectivity index (χ0v) is 5.44. The smallest absolute Gasteiger partial charge is 0.107 e. The van der Waals surface area contributed by atoms with Crippen LogP contribution in [0.5, 0.6) is 0 Å². The van der Waals surface area contributed by atoms with Crippen molar-refractivity contribution < 1.29 is 15.3 Å². The van der Waals surface area contributed by atoms with Gasteiger partial charge < -0.3 is 15.3 Å². The summed E-state index contributed by atoms with van der Waals surface area (Å²) in [5.74, 6) is 0. The van der Waals surface area contributed by atoms with Crippen molar-refractivity contribution in [3.05, 3.63) is 23.8 Å². The van der Waals surface area contributed by atoms with E-state index in [-0.39, 0.29) is 6.61 Å². The molecule has 3 N–H and O–H groups in total. The van der Waals surface area contributed by atoms with Crippen molar-refractivity contribution in [3.8, 4) is 0 Å².